The Labute approximate surface area is 270 Å². The van der Waals surface area contributed by atoms with Crippen molar-refractivity contribution in [3.8, 4) is 11.1 Å². The monoisotopic (exact) mass is 670 g/mol. The molecule has 2 amide bonds. The van der Waals surface area contributed by atoms with Crippen LogP contribution in [0.5, 0.6) is 0 Å². The molecule has 1 aliphatic heterocycles. The maximum atomic E-state index is 13.6. The van der Waals surface area contributed by atoms with Gasteiger partial charge in [0.05, 0.1) is 17.8 Å². The van der Waals surface area contributed by atoms with E-state index in [0.29, 0.717) is 0 Å². The SMILES string of the molecule is C[C@@]1(NCCS(=O)(=O)C[C@@H](NC(=O)c2ccc(-c3ccccc3)cc2)C(=O)N2CCN(S(C)(=O)=O)CC2)C[C@H]1c1ccc(F)cc1. The minimum Gasteiger partial charge on any atom is -0.339 e. The highest BCUT2D eigenvalue weighted by molar-refractivity contribution is 7.91. The Balaban J connectivity index is 1.25. The van der Waals surface area contributed by atoms with Gasteiger partial charge in [-0.15, -0.1) is 0 Å². The number of benzene rings is 3. The van der Waals surface area contributed by atoms with Crippen LogP contribution >= 0.6 is 0 Å². The zero-order valence-corrected chi connectivity index (χ0v) is 27.5. The van der Waals surface area contributed by atoms with Crippen LogP contribution in [0.25, 0.3) is 11.1 Å². The fraction of sp³-hybridized carbons (Fsp3) is 0.394. The first-order chi connectivity index (χ1) is 21.7. The molecule has 3 aromatic carbocycles. The predicted molar refractivity (Wildman–Crippen MR) is 175 cm³/mol. The molecule has 0 spiro atoms. The average Bonchev–Trinajstić information content (AvgIpc) is 3.71. The van der Waals surface area contributed by atoms with Crippen LogP contribution in [-0.4, -0.2) is 99.9 Å². The second-order valence-corrected chi connectivity index (χ2v) is 16.4. The molecular formula is C33H39FN4O6S2. The summed E-state index contributed by atoms with van der Waals surface area (Å²) >= 11 is 0. The molecule has 1 aliphatic carbocycles. The highest BCUT2D eigenvalue weighted by Gasteiger charge is 2.50. The highest BCUT2D eigenvalue weighted by atomic mass is 32.2. The molecule has 1 saturated heterocycles. The molecule has 2 fully saturated rings. The second kappa shape index (κ2) is 13.6. The van der Waals surface area contributed by atoms with Gasteiger partial charge in [-0.25, -0.2) is 21.2 Å². The number of sulfone groups is 1. The molecule has 3 atom stereocenters. The van der Waals surface area contributed by atoms with Gasteiger partial charge in [-0.3, -0.25) is 9.59 Å². The Kier molecular flexibility index (Phi) is 9.97. The van der Waals surface area contributed by atoms with E-state index in [1.165, 1.54) is 21.3 Å². The molecule has 10 nitrogen and oxygen atoms in total. The number of amides is 2. The molecule has 0 bridgehead atoms. The van der Waals surface area contributed by atoms with Crippen molar-refractivity contribution in [2.45, 2.75) is 30.8 Å². The molecule has 0 aromatic heterocycles. The number of halogens is 1. The van der Waals surface area contributed by atoms with Crippen molar-refractivity contribution in [3.05, 3.63) is 95.8 Å². The molecule has 5 rings (SSSR count). The van der Waals surface area contributed by atoms with Gasteiger partial charge in [-0.05, 0) is 54.3 Å². The quantitative estimate of drug-likeness (QED) is 0.303. The Hall–Kier alpha value is -3.65. The number of rotatable bonds is 12. The first-order valence-electron chi connectivity index (χ1n) is 15.2. The largest absolute Gasteiger partial charge is 0.339 e. The summed E-state index contributed by atoms with van der Waals surface area (Å²) in [5.74, 6) is -2.22. The fourth-order valence-electron chi connectivity index (χ4n) is 5.89. The normalized spacial score (nSPS) is 21.0. The zero-order valence-electron chi connectivity index (χ0n) is 25.9. The first kappa shape index (κ1) is 33.7. The van der Waals surface area contributed by atoms with Crippen LogP contribution in [0.2, 0.25) is 0 Å². The zero-order chi connectivity index (χ0) is 33.1. The van der Waals surface area contributed by atoms with Crippen LogP contribution in [0.4, 0.5) is 4.39 Å². The molecule has 0 radical (unpaired) electrons. The van der Waals surface area contributed by atoms with Gasteiger partial charge >= 0.3 is 0 Å². The number of nitrogens with zero attached hydrogens (tertiary/aromatic N) is 2. The number of hydrogen-bond donors (Lipinski definition) is 2. The summed E-state index contributed by atoms with van der Waals surface area (Å²) in [7, 11) is -7.27. The van der Waals surface area contributed by atoms with Gasteiger partial charge < -0.3 is 15.5 Å². The smallest absolute Gasteiger partial charge is 0.251 e. The summed E-state index contributed by atoms with van der Waals surface area (Å²) in [6, 6.07) is 21.3. The molecule has 246 valence electrons. The second-order valence-electron chi connectivity index (χ2n) is 12.2. The van der Waals surface area contributed by atoms with Crippen molar-refractivity contribution >= 4 is 31.7 Å². The third kappa shape index (κ3) is 8.38. The Morgan fingerprint density at radius 3 is 2.11 bits per heavy atom. The summed E-state index contributed by atoms with van der Waals surface area (Å²) in [4.78, 5) is 28.3. The molecule has 2 aliphatic rings. The van der Waals surface area contributed by atoms with Crippen LogP contribution in [0.1, 0.15) is 35.2 Å². The van der Waals surface area contributed by atoms with E-state index in [-0.39, 0.29) is 61.3 Å². The van der Waals surface area contributed by atoms with Crippen LogP contribution in [0, 0.1) is 5.82 Å². The van der Waals surface area contributed by atoms with Crippen molar-refractivity contribution in [2.24, 2.45) is 0 Å². The molecule has 13 heteroatoms. The highest BCUT2D eigenvalue weighted by Crippen LogP contribution is 2.50. The number of piperazine rings is 1. The fourth-order valence-corrected chi connectivity index (χ4v) is 8.03. The summed E-state index contributed by atoms with van der Waals surface area (Å²) in [6.45, 7) is 2.44. The third-order valence-corrected chi connectivity index (χ3v) is 11.7. The number of carbonyl (C=O) groups is 2. The number of carbonyl (C=O) groups excluding carboxylic acids is 2. The molecule has 46 heavy (non-hydrogen) atoms. The average molecular weight is 671 g/mol. The van der Waals surface area contributed by atoms with E-state index in [9.17, 15) is 30.8 Å². The van der Waals surface area contributed by atoms with Crippen LogP contribution in [0.3, 0.4) is 0 Å². The Bertz CT molecular complexity index is 1760. The summed E-state index contributed by atoms with van der Waals surface area (Å²) in [5.41, 5.74) is 2.78. The standard InChI is InChI=1S/C33H39FN4O6S2/c1-33(22-29(33)26-12-14-28(34)15-13-26)35-16-21-46(43,44)23-30(32(40)37-17-19-38(20-18-37)45(2,41)42)36-31(39)27-10-8-25(9-11-27)24-6-4-3-5-7-24/h3-15,29-30,35H,16-23H2,1-2H3,(H,36,39)/t29-,30+,33+/m0/s1. The van der Waals surface area contributed by atoms with Gasteiger partial charge in [0, 0.05) is 49.7 Å². The molecule has 2 N–H and O–H groups in total. The predicted octanol–water partition coefficient (Wildman–Crippen LogP) is 2.65. The van der Waals surface area contributed by atoms with Gasteiger partial charge in [0.1, 0.15) is 11.9 Å². The lowest BCUT2D eigenvalue weighted by Gasteiger charge is -2.35. The van der Waals surface area contributed by atoms with E-state index >= 15 is 0 Å². The minimum atomic E-state index is -3.83. The van der Waals surface area contributed by atoms with Crippen molar-refractivity contribution in [3.63, 3.8) is 0 Å². The van der Waals surface area contributed by atoms with Crippen LogP contribution < -0.4 is 10.6 Å². The third-order valence-electron chi connectivity index (χ3n) is 8.75. The van der Waals surface area contributed by atoms with E-state index < -0.39 is 43.5 Å². The van der Waals surface area contributed by atoms with Crippen molar-refractivity contribution in [2.75, 3.05) is 50.5 Å². The lowest BCUT2D eigenvalue weighted by atomic mass is 10.0. The lowest BCUT2D eigenvalue weighted by molar-refractivity contribution is -0.133. The van der Waals surface area contributed by atoms with Crippen molar-refractivity contribution in [1.82, 2.24) is 19.8 Å². The van der Waals surface area contributed by atoms with Crippen molar-refractivity contribution < 1.29 is 30.8 Å². The Morgan fingerprint density at radius 1 is 0.891 bits per heavy atom. The van der Waals surface area contributed by atoms with Gasteiger partial charge in [-0.1, -0.05) is 54.6 Å². The van der Waals surface area contributed by atoms with E-state index in [1.807, 2.05) is 37.3 Å². The van der Waals surface area contributed by atoms with E-state index in [4.69, 9.17) is 0 Å². The summed E-state index contributed by atoms with van der Waals surface area (Å²) in [6.07, 6.45) is 1.87. The molecule has 1 saturated carbocycles. The van der Waals surface area contributed by atoms with Crippen molar-refractivity contribution in [1.29, 1.82) is 0 Å². The van der Waals surface area contributed by atoms with Gasteiger partial charge in [0.2, 0.25) is 15.9 Å². The first-order valence-corrected chi connectivity index (χ1v) is 18.8. The number of nitrogens with one attached hydrogen (secondary N) is 2. The van der Waals surface area contributed by atoms with E-state index in [1.54, 1.807) is 36.4 Å². The van der Waals surface area contributed by atoms with E-state index in [0.717, 1.165) is 29.4 Å². The van der Waals surface area contributed by atoms with Gasteiger partial charge in [0.25, 0.3) is 5.91 Å². The van der Waals surface area contributed by atoms with Crippen LogP contribution in [0.15, 0.2) is 78.9 Å². The molecule has 1 heterocycles. The maximum absolute atomic E-state index is 13.6. The minimum absolute atomic E-state index is 0.0782. The maximum Gasteiger partial charge on any atom is 0.251 e. The molecular weight excluding hydrogens is 632 g/mol. The topological polar surface area (TPSA) is 133 Å². The van der Waals surface area contributed by atoms with E-state index in [2.05, 4.69) is 10.6 Å². The Morgan fingerprint density at radius 2 is 1.50 bits per heavy atom. The summed E-state index contributed by atoms with van der Waals surface area (Å²) in [5, 5.41) is 5.95. The molecule has 0 unspecified atom stereocenters. The number of hydrogen-bond acceptors (Lipinski definition) is 7. The lowest BCUT2D eigenvalue weighted by Crippen LogP contribution is -2.57. The number of sulfonamides is 1. The van der Waals surface area contributed by atoms with Gasteiger partial charge in [-0.2, -0.15) is 4.31 Å². The van der Waals surface area contributed by atoms with Crippen LogP contribution in [-0.2, 0) is 24.7 Å². The molecule has 3 aromatic rings. The summed E-state index contributed by atoms with van der Waals surface area (Å²) < 4.78 is 65.2. The van der Waals surface area contributed by atoms with Gasteiger partial charge in [0.15, 0.2) is 9.84 Å².